The van der Waals surface area contributed by atoms with E-state index < -0.39 is 20.9 Å². The summed E-state index contributed by atoms with van der Waals surface area (Å²) in [6.07, 6.45) is 2.80. The number of anilines is 1. The molecule has 0 aliphatic heterocycles. The van der Waals surface area contributed by atoms with Gasteiger partial charge in [0.2, 0.25) is 15.9 Å². The minimum atomic E-state index is -3.54. The van der Waals surface area contributed by atoms with Crippen molar-refractivity contribution in [2.45, 2.75) is 11.8 Å². The third-order valence-corrected chi connectivity index (χ3v) is 4.86. The lowest BCUT2D eigenvalue weighted by atomic mass is 10.2. The van der Waals surface area contributed by atoms with Crippen LogP contribution in [0.5, 0.6) is 0 Å². The molecule has 0 aromatic heterocycles. The van der Waals surface area contributed by atoms with Crippen LogP contribution in [0.4, 0.5) is 11.4 Å². The van der Waals surface area contributed by atoms with E-state index in [9.17, 15) is 23.3 Å². The van der Waals surface area contributed by atoms with Crippen LogP contribution in [0.15, 0.2) is 59.5 Å². The second-order valence-electron chi connectivity index (χ2n) is 5.20. The van der Waals surface area contributed by atoms with Crippen LogP contribution < -0.4 is 10.0 Å². The van der Waals surface area contributed by atoms with Gasteiger partial charge in [-0.1, -0.05) is 6.92 Å². The van der Waals surface area contributed by atoms with Crippen molar-refractivity contribution in [1.82, 2.24) is 4.72 Å². The number of carbonyl (C=O) groups excluding carboxylic acids is 1. The van der Waals surface area contributed by atoms with Gasteiger partial charge in [-0.15, -0.1) is 0 Å². The van der Waals surface area contributed by atoms with E-state index in [1.165, 1.54) is 60.7 Å². The van der Waals surface area contributed by atoms with Crippen LogP contribution in [-0.2, 0) is 14.8 Å². The summed E-state index contributed by atoms with van der Waals surface area (Å²) in [5.41, 5.74) is 1.05. The quantitative estimate of drug-likeness (QED) is 0.438. The number of carbonyl (C=O) groups is 1. The molecule has 2 aromatic rings. The second-order valence-corrected chi connectivity index (χ2v) is 6.96. The van der Waals surface area contributed by atoms with Gasteiger partial charge in [0, 0.05) is 30.4 Å². The van der Waals surface area contributed by atoms with Crippen LogP contribution in [0.1, 0.15) is 12.5 Å². The van der Waals surface area contributed by atoms with Gasteiger partial charge in [0.15, 0.2) is 0 Å². The highest BCUT2D eigenvalue weighted by molar-refractivity contribution is 7.89. The maximum Gasteiger partial charge on any atom is 0.269 e. The summed E-state index contributed by atoms with van der Waals surface area (Å²) in [5, 5.41) is 13.2. The summed E-state index contributed by atoms with van der Waals surface area (Å²) in [5.74, 6) is -0.411. The maximum absolute atomic E-state index is 11.9. The van der Waals surface area contributed by atoms with Crippen LogP contribution >= 0.6 is 0 Å². The van der Waals surface area contributed by atoms with Gasteiger partial charge < -0.3 is 5.32 Å². The van der Waals surface area contributed by atoms with E-state index in [0.717, 1.165) is 0 Å². The predicted molar refractivity (Wildman–Crippen MR) is 98.1 cm³/mol. The van der Waals surface area contributed by atoms with Gasteiger partial charge in [-0.25, -0.2) is 13.1 Å². The molecular weight excluding hydrogens is 358 g/mol. The normalized spacial score (nSPS) is 11.4. The fraction of sp³-hybridized carbons (Fsp3) is 0.118. The Morgan fingerprint density at radius 3 is 2.27 bits per heavy atom. The first kappa shape index (κ1) is 19.3. The zero-order chi connectivity index (χ0) is 19.2. The molecule has 0 unspecified atom stereocenters. The monoisotopic (exact) mass is 375 g/mol. The molecule has 0 aliphatic carbocycles. The van der Waals surface area contributed by atoms with Crippen LogP contribution in [0.2, 0.25) is 0 Å². The number of sulfonamides is 1. The van der Waals surface area contributed by atoms with Crippen LogP contribution in [0.25, 0.3) is 6.08 Å². The highest BCUT2D eigenvalue weighted by Gasteiger charge is 2.12. The van der Waals surface area contributed by atoms with Crippen molar-refractivity contribution in [1.29, 1.82) is 0 Å². The molecule has 26 heavy (non-hydrogen) atoms. The minimum Gasteiger partial charge on any atom is -0.323 e. The molecule has 8 nitrogen and oxygen atoms in total. The molecule has 0 atom stereocenters. The summed E-state index contributed by atoms with van der Waals surface area (Å²) in [6, 6.07) is 11.5. The number of hydrogen-bond acceptors (Lipinski definition) is 5. The van der Waals surface area contributed by atoms with Crippen molar-refractivity contribution < 1.29 is 18.1 Å². The van der Waals surface area contributed by atoms with E-state index in [4.69, 9.17) is 0 Å². The summed E-state index contributed by atoms with van der Waals surface area (Å²) in [6.45, 7) is 1.97. The first-order valence-electron chi connectivity index (χ1n) is 7.65. The Labute approximate surface area is 150 Å². The molecular formula is C17H17N3O5S. The largest absolute Gasteiger partial charge is 0.323 e. The number of rotatable bonds is 7. The van der Waals surface area contributed by atoms with E-state index in [1.54, 1.807) is 6.92 Å². The van der Waals surface area contributed by atoms with Gasteiger partial charge in [-0.2, -0.15) is 0 Å². The lowest BCUT2D eigenvalue weighted by Crippen LogP contribution is -2.23. The molecule has 0 fully saturated rings. The smallest absolute Gasteiger partial charge is 0.269 e. The van der Waals surface area contributed by atoms with Crippen molar-refractivity contribution in [3.8, 4) is 0 Å². The van der Waals surface area contributed by atoms with Crippen LogP contribution in [0.3, 0.4) is 0 Å². The lowest BCUT2D eigenvalue weighted by molar-refractivity contribution is -0.384. The molecule has 2 rings (SSSR count). The highest BCUT2D eigenvalue weighted by Crippen LogP contribution is 2.15. The average molecular weight is 375 g/mol. The number of nitro groups is 1. The van der Waals surface area contributed by atoms with Gasteiger partial charge in [0.1, 0.15) is 0 Å². The van der Waals surface area contributed by atoms with Crippen molar-refractivity contribution in [3.05, 3.63) is 70.3 Å². The number of amides is 1. The summed E-state index contributed by atoms with van der Waals surface area (Å²) in [7, 11) is -3.54. The van der Waals surface area contributed by atoms with Crippen LogP contribution in [0, 0.1) is 10.1 Å². The van der Waals surface area contributed by atoms with E-state index >= 15 is 0 Å². The van der Waals surface area contributed by atoms with Crippen molar-refractivity contribution >= 4 is 33.4 Å². The molecule has 2 N–H and O–H groups in total. The first-order valence-corrected chi connectivity index (χ1v) is 9.13. The fourth-order valence-electron chi connectivity index (χ4n) is 2.05. The first-order chi connectivity index (χ1) is 12.3. The Morgan fingerprint density at radius 1 is 1.12 bits per heavy atom. The minimum absolute atomic E-state index is 0.0285. The zero-order valence-corrected chi connectivity index (χ0v) is 14.7. The Bertz CT molecular complexity index is 920. The van der Waals surface area contributed by atoms with E-state index in [-0.39, 0.29) is 17.1 Å². The SMILES string of the molecule is CCNS(=O)(=O)c1ccc(NC(=O)/C=C\c2ccc([N+](=O)[O-])cc2)cc1. The Kier molecular flexibility index (Phi) is 6.21. The molecule has 2 aromatic carbocycles. The zero-order valence-electron chi connectivity index (χ0n) is 13.9. The highest BCUT2D eigenvalue weighted by atomic mass is 32.2. The van der Waals surface area contributed by atoms with Crippen molar-refractivity contribution in [2.75, 3.05) is 11.9 Å². The molecule has 0 heterocycles. The van der Waals surface area contributed by atoms with E-state index in [2.05, 4.69) is 10.0 Å². The molecule has 9 heteroatoms. The van der Waals surface area contributed by atoms with Gasteiger partial charge in [-0.05, 0) is 48.0 Å². The second kappa shape index (κ2) is 8.37. The fourth-order valence-corrected chi connectivity index (χ4v) is 3.09. The van der Waals surface area contributed by atoms with Crippen LogP contribution in [-0.4, -0.2) is 25.8 Å². The molecule has 0 saturated heterocycles. The third kappa shape index (κ3) is 5.23. The lowest BCUT2D eigenvalue weighted by Gasteiger charge is -2.06. The number of nitrogens with one attached hydrogen (secondary N) is 2. The van der Waals surface area contributed by atoms with Gasteiger partial charge in [0.25, 0.3) is 5.69 Å². The molecule has 0 bridgehead atoms. The molecule has 1 amide bonds. The average Bonchev–Trinajstić information content (AvgIpc) is 2.61. The summed E-state index contributed by atoms with van der Waals surface area (Å²) < 4.78 is 26.1. The van der Waals surface area contributed by atoms with Gasteiger partial charge >= 0.3 is 0 Å². The Balaban J connectivity index is 2.00. The van der Waals surface area contributed by atoms with Gasteiger partial charge in [-0.3, -0.25) is 14.9 Å². The number of benzene rings is 2. The number of nitro benzene ring substituents is 1. The van der Waals surface area contributed by atoms with Gasteiger partial charge in [0.05, 0.1) is 9.82 Å². The number of non-ortho nitro benzene ring substituents is 1. The van der Waals surface area contributed by atoms with Crippen molar-refractivity contribution in [2.24, 2.45) is 0 Å². The third-order valence-electron chi connectivity index (χ3n) is 3.30. The van der Waals surface area contributed by atoms with E-state index in [0.29, 0.717) is 11.3 Å². The molecule has 136 valence electrons. The summed E-state index contributed by atoms with van der Waals surface area (Å²) in [4.78, 5) is 22.1. The Hall–Kier alpha value is -3.04. The molecule has 0 aliphatic rings. The summed E-state index contributed by atoms with van der Waals surface area (Å²) >= 11 is 0. The maximum atomic E-state index is 11.9. The topological polar surface area (TPSA) is 118 Å². The molecule has 0 saturated carbocycles. The Morgan fingerprint density at radius 2 is 1.73 bits per heavy atom. The standard InChI is InChI=1S/C17H17N3O5S/c1-2-18-26(24,25)16-10-6-14(7-11-16)19-17(21)12-5-13-3-8-15(9-4-13)20(22)23/h3-12,18H,2H2,1H3,(H,19,21)/b12-5-. The van der Waals surface area contributed by atoms with E-state index in [1.807, 2.05) is 0 Å². The number of hydrogen-bond donors (Lipinski definition) is 2. The predicted octanol–water partition coefficient (Wildman–Crippen LogP) is 2.54. The number of nitrogens with zero attached hydrogens (tertiary/aromatic N) is 1. The molecule has 0 radical (unpaired) electrons. The molecule has 0 spiro atoms. The van der Waals surface area contributed by atoms with Crippen molar-refractivity contribution in [3.63, 3.8) is 0 Å².